The molecule has 0 saturated heterocycles. The number of rotatable bonds is 15. The van der Waals surface area contributed by atoms with Gasteiger partial charge in [0.2, 0.25) is 5.91 Å². The summed E-state index contributed by atoms with van der Waals surface area (Å²) in [6.07, 6.45) is 0.741. The fourth-order valence-electron chi connectivity index (χ4n) is 3.54. The Balaban J connectivity index is 1.78. The van der Waals surface area contributed by atoms with Crippen LogP contribution in [0.15, 0.2) is 18.2 Å². The van der Waals surface area contributed by atoms with Crippen molar-refractivity contribution in [3.63, 3.8) is 0 Å². The number of amides is 3. The lowest BCUT2D eigenvalue weighted by atomic mass is 10.1. The molecule has 1 aliphatic heterocycles. The molecule has 0 aliphatic carbocycles. The maximum atomic E-state index is 13.0. The SMILES string of the molecule is CNC(=O)CCC(C=O)N1C(=O)c2cccc(NCCOCCOCCC(=O)OC(C)(C)C)c2C1=O. The number of aldehydes is 1. The molecule has 1 heterocycles. The van der Waals surface area contributed by atoms with Crippen LogP contribution in [0.1, 0.15) is 60.7 Å². The fourth-order valence-corrected chi connectivity index (χ4v) is 3.54. The van der Waals surface area contributed by atoms with Crippen molar-refractivity contribution in [3.8, 4) is 0 Å². The van der Waals surface area contributed by atoms with E-state index in [1.54, 1.807) is 32.9 Å². The van der Waals surface area contributed by atoms with Gasteiger partial charge in [-0.3, -0.25) is 24.1 Å². The second-order valence-electron chi connectivity index (χ2n) is 9.11. The number of carbonyl (C=O) groups is 5. The first-order valence-electron chi connectivity index (χ1n) is 11.9. The van der Waals surface area contributed by atoms with Crippen LogP contribution in [-0.2, 0) is 28.6 Å². The predicted molar refractivity (Wildman–Crippen MR) is 131 cm³/mol. The Morgan fingerprint density at radius 1 is 1.03 bits per heavy atom. The maximum Gasteiger partial charge on any atom is 0.308 e. The van der Waals surface area contributed by atoms with E-state index in [0.717, 1.165) is 4.90 Å². The van der Waals surface area contributed by atoms with Crippen molar-refractivity contribution >= 4 is 35.7 Å². The van der Waals surface area contributed by atoms with Crippen LogP contribution in [0, 0.1) is 0 Å². The van der Waals surface area contributed by atoms with Crippen molar-refractivity contribution in [2.75, 3.05) is 45.3 Å². The third-order valence-electron chi connectivity index (χ3n) is 5.19. The third-order valence-corrected chi connectivity index (χ3v) is 5.19. The largest absolute Gasteiger partial charge is 0.460 e. The average molecular weight is 506 g/mol. The minimum absolute atomic E-state index is 0.0144. The van der Waals surface area contributed by atoms with E-state index >= 15 is 0 Å². The van der Waals surface area contributed by atoms with Gasteiger partial charge in [0.1, 0.15) is 11.9 Å². The second kappa shape index (κ2) is 13.7. The first-order valence-corrected chi connectivity index (χ1v) is 11.9. The number of nitrogens with one attached hydrogen (secondary N) is 2. The number of hydrogen-bond acceptors (Lipinski definition) is 9. The van der Waals surface area contributed by atoms with E-state index in [0.29, 0.717) is 38.3 Å². The zero-order valence-corrected chi connectivity index (χ0v) is 21.3. The quantitative estimate of drug-likeness (QED) is 0.157. The summed E-state index contributed by atoms with van der Waals surface area (Å²) in [6, 6.07) is 3.83. The summed E-state index contributed by atoms with van der Waals surface area (Å²) in [5.74, 6) is -1.74. The number of hydrogen-bond donors (Lipinski definition) is 2. The highest BCUT2D eigenvalue weighted by Crippen LogP contribution is 2.31. The van der Waals surface area contributed by atoms with Crippen molar-refractivity contribution < 1.29 is 38.2 Å². The van der Waals surface area contributed by atoms with E-state index in [1.165, 1.54) is 13.1 Å². The zero-order chi connectivity index (χ0) is 26.7. The Morgan fingerprint density at radius 2 is 1.72 bits per heavy atom. The first-order chi connectivity index (χ1) is 17.1. The van der Waals surface area contributed by atoms with E-state index in [4.69, 9.17) is 14.2 Å². The topological polar surface area (TPSA) is 140 Å². The molecular formula is C25H35N3O8. The molecule has 11 nitrogen and oxygen atoms in total. The smallest absolute Gasteiger partial charge is 0.308 e. The van der Waals surface area contributed by atoms with Gasteiger partial charge in [0, 0.05) is 25.7 Å². The van der Waals surface area contributed by atoms with Crippen molar-refractivity contribution in [3.05, 3.63) is 29.3 Å². The minimum atomic E-state index is -1.03. The monoisotopic (exact) mass is 505 g/mol. The second-order valence-corrected chi connectivity index (χ2v) is 9.11. The Hall–Kier alpha value is -3.31. The van der Waals surface area contributed by atoms with E-state index in [9.17, 15) is 24.0 Å². The highest BCUT2D eigenvalue weighted by molar-refractivity contribution is 6.24. The van der Waals surface area contributed by atoms with E-state index in [2.05, 4.69) is 10.6 Å². The van der Waals surface area contributed by atoms with Gasteiger partial charge in [-0.15, -0.1) is 0 Å². The van der Waals surface area contributed by atoms with E-state index < -0.39 is 23.5 Å². The van der Waals surface area contributed by atoms with Crippen LogP contribution < -0.4 is 10.6 Å². The number of esters is 1. The number of imide groups is 1. The molecule has 0 aromatic heterocycles. The Labute approximate surface area is 210 Å². The van der Waals surface area contributed by atoms with E-state index in [-0.39, 0.29) is 48.9 Å². The van der Waals surface area contributed by atoms with Gasteiger partial charge in [0.05, 0.1) is 50.0 Å². The van der Waals surface area contributed by atoms with Crippen molar-refractivity contribution in [2.24, 2.45) is 0 Å². The molecule has 0 fully saturated rings. The normalized spacial score (nSPS) is 13.8. The van der Waals surface area contributed by atoms with E-state index in [1.807, 2.05) is 0 Å². The summed E-state index contributed by atoms with van der Waals surface area (Å²) in [5, 5.41) is 5.54. The van der Waals surface area contributed by atoms with Gasteiger partial charge in [-0.25, -0.2) is 0 Å². The first kappa shape index (κ1) is 28.9. The highest BCUT2D eigenvalue weighted by Gasteiger charge is 2.41. The number of benzene rings is 1. The third kappa shape index (κ3) is 8.42. The molecule has 0 saturated carbocycles. The molecule has 0 bridgehead atoms. The van der Waals surface area contributed by atoms with Crippen molar-refractivity contribution in [2.45, 2.75) is 51.7 Å². The average Bonchev–Trinajstić information content (AvgIpc) is 3.08. The van der Waals surface area contributed by atoms with Crippen molar-refractivity contribution in [1.29, 1.82) is 0 Å². The predicted octanol–water partition coefficient (Wildman–Crippen LogP) is 1.55. The number of ether oxygens (including phenoxy) is 3. The number of anilines is 1. The number of nitrogens with zero attached hydrogens (tertiary/aromatic N) is 1. The molecule has 198 valence electrons. The van der Waals surface area contributed by atoms with Gasteiger partial charge < -0.3 is 29.6 Å². The summed E-state index contributed by atoms with van der Waals surface area (Å²) >= 11 is 0. The van der Waals surface area contributed by atoms with Crippen LogP contribution in [-0.4, -0.2) is 86.5 Å². The molecule has 2 N–H and O–H groups in total. The lowest BCUT2D eigenvalue weighted by Crippen LogP contribution is -2.41. The summed E-state index contributed by atoms with van der Waals surface area (Å²) in [6.45, 7) is 6.97. The summed E-state index contributed by atoms with van der Waals surface area (Å²) in [4.78, 5) is 61.5. The van der Waals surface area contributed by atoms with Crippen LogP contribution in [0.4, 0.5) is 5.69 Å². The van der Waals surface area contributed by atoms with Crippen molar-refractivity contribution in [1.82, 2.24) is 10.2 Å². The minimum Gasteiger partial charge on any atom is -0.460 e. The molecular weight excluding hydrogens is 470 g/mol. The number of fused-ring (bicyclic) bond motifs is 1. The molecule has 1 unspecified atom stereocenters. The molecule has 36 heavy (non-hydrogen) atoms. The van der Waals surface area contributed by atoms with Crippen LogP contribution in [0.3, 0.4) is 0 Å². The molecule has 1 aromatic carbocycles. The number of carbonyl (C=O) groups excluding carboxylic acids is 5. The van der Waals surface area contributed by atoms with Crippen LogP contribution in [0.5, 0.6) is 0 Å². The molecule has 1 atom stereocenters. The summed E-state index contributed by atoms with van der Waals surface area (Å²) < 4.78 is 16.1. The van der Waals surface area contributed by atoms with Gasteiger partial charge in [0.15, 0.2) is 0 Å². The van der Waals surface area contributed by atoms with Gasteiger partial charge in [-0.2, -0.15) is 0 Å². The van der Waals surface area contributed by atoms with Gasteiger partial charge in [-0.1, -0.05) is 6.07 Å². The Bertz CT molecular complexity index is 957. The standard InChI is InChI=1S/C25H35N3O8/c1-25(2,3)36-21(31)10-12-34-14-15-35-13-11-27-19-7-5-6-18-22(19)24(33)28(23(18)32)17(16-29)8-9-20(30)26-4/h5-7,16-17,27H,8-15H2,1-4H3,(H,26,30). The fraction of sp³-hybridized carbons (Fsp3) is 0.560. The molecule has 1 aliphatic rings. The van der Waals surface area contributed by atoms with Crippen LogP contribution >= 0.6 is 0 Å². The molecule has 1 aromatic rings. The summed E-state index contributed by atoms with van der Waals surface area (Å²) in [7, 11) is 1.47. The van der Waals surface area contributed by atoms with Crippen LogP contribution in [0.25, 0.3) is 0 Å². The zero-order valence-electron chi connectivity index (χ0n) is 21.3. The molecule has 2 rings (SSSR count). The maximum absolute atomic E-state index is 13.0. The van der Waals surface area contributed by atoms with Gasteiger partial charge in [0.25, 0.3) is 11.8 Å². The summed E-state index contributed by atoms with van der Waals surface area (Å²) in [5.41, 5.74) is 0.336. The highest BCUT2D eigenvalue weighted by atomic mass is 16.6. The van der Waals surface area contributed by atoms with Gasteiger partial charge in [-0.05, 0) is 39.3 Å². The van der Waals surface area contributed by atoms with Gasteiger partial charge >= 0.3 is 5.97 Å². The molecule has 0 radical (unpaired) electrons. The molecule has 3 amide bonds. The van der Waals surface area contributed by atoms with Crippen LogP contribution in [0.2, 0.25) is 0 Å². The Kier molecular flexibility index (Phi) is 11.0. The Morgan fingerprint density at radius 3 is 2.36 bits per heavy atom. The lowest BCUT2D eigenvalue weighted by Gasteiger charge is -2.21. The molecule has 0 spiro atoms. The molecule has 11 heteroatoms. The lowest BCUT2D eigenvalue weighted by molar-refractivity contribution is -0.156.